The Hall–Kier alpha value is -3.19. The standard InChI is InChI=1S/C25H30N2O5/c1-4-15-31-22(25(29)30-6-3)16-18-11-13-19(14-12-18)32-17-23-26-21-10-8-7-9-20(21)24(28)27(23)5-2/h7-14,22H,4-6,15-17H2,1-3H3. The van der Waals surface area contributed by atoms with E-state index in [1.54, 1.807) is 17.6 Å². The van der Waals surface area contributed by atoms with Crippen LogP contribution in [-0.4, -0.2) is 34.8 Å². The Morgan fingerprint density at radius 3 is 2.50 bits per heavy atom. The average Bonchev–Trinajstić information content (AvgIpc) is 2.81. The van der Waals surface area contributed by atoms with Crippen molar-refractivity contribution in [1.82, 2.24) is 9.55 Å². The van der Waals surface area contributed by atoms with Crippen molar-refractivity contribution >= 4 is 16.9 Å². The molecule has 0 saturated heterocycles. The van der Waals surface area contributed by atoms with Gasteiger partial charge in [0.15, 0.2) is 6.10 Å². The molecule has 1 atom stereocenters. The SMILES string of the molecule is CCCOC(Cc1ccc(OCc2nc3ccccc3c(=O)n2CC)cc1)C(=O)OCC. The van der Waals surface area contributed by atoms with Crippen LogP contribution in [0.25, 0.3) is 10.9 Å². The van der Waals surface area contributed by atoms with Crippen LogP contribution in [0.5, 0.6) is 5.75 Å². The third-order valence-electron chi connectivity index (χ3n) is 5.04. The summed E-state index contributed by atoms with van der Waals surface area (Å²) < 4.78 is 18.3. The molecule has 0 bridgehead atoms. The molecule has 3 rings (SSSR count). The molecule has 32 heavy (non-hydrogen) atoms. The van der Waals surface area contributed by atoms with E-state index in [1.807, 2.05) is 56.3 Å². The molecular formula is C25H30N2O5. The van der Waals surface area contributed by atoms with Crippen LogP contribution in [0.2, 0.25) is 0 Å². The number of hydrogen-bond donors (Lipinski definition) is 0. The van der Waals surface area contributed by atoms with Gasteiger partial charge in [-0.25, -0.2) is 9.78 Å². The van der Waals surface area contributed by atoms with Gasteiger partial charge in [0, 0.05) is 19.6 Å². The van der Waals surface area contributed by atoms with Crippen molar-refractivity contribution in [3.8, 4) is 5.75 Å². The first-order valence-electron chi connectivity index (χ1n) is 11.1. The van der Waals surface area contributed by atoms with Gasteiger partial charge in [-0.3, -0.25) is 9.36 Å². The predicted molar refractivity (Wildman–Crippen MR) is 123 cm³/mol. The highest BCUT2D eigenvalue weighted by Gasteiger charge is 2.21. The maximum Gasteiger partial charge on any atom is 0.335 e. The van der Waals surface area contributed by atoms with E-state index in [1.165, 1.54) is 0 Å². The van der Waals surface area contributed by atoms with E-state index in [0.717, 1.165) is 12.0 Å². The fraction of sp³-hybridized carbons (Fsp3) is 0.400. The quantitative estimate of drug-likeness (QED) is 0.423. The summed E-state index contributed by atoms with van der Waals surface area (Å²) in [5.41, 5.74) is 1.54. The zero-order chi connectivity index (χ0) is 22.9. The lowest BCUT2D eigenvalue weighted by Crippen LogP contribution is -2.29. The number of ether oxygens (including phenoxy) is 3. The molecule has 3 aromatic rings. The lowest BCUT2D eigenvalue weighted by atomic mass is 10.1. The molecule has 0 aliphatic rings. The summed E-state index contributed by atoms with van der Waals surface area (Å²) in [6.45, 7) is 7.21. The van der Waals surface area contributed by atoms with Crippen LogP contribution in [0.3, 0.4) is 0 Å². The molecule has 0 fully saturated rings. The Labute approximate surface area is 187 Å². The van der Waals surface area contributed by atoms with Crippen molar-refractivity contribution in [1.29, 1.82) is 0 Å². The Bertz CT molecular complexity index is 1090. The van der Waals surface area contributed by atoms with Gasteiger partial charge in [-0.2, -0.15) is 0 Å². The number of fused-ring (bicyclic) bond motifs is 1. The molecule has 170 valence electrons. The highest BCUT2D eigenvalue weighted by molar-refractivity contribution is 5.77. The maximum atomic E-state index is 12.7. The van der Waals surface area contributed by atoms with Gasteiger partial charge in [-0.1, -0.05) is 31.2 Å². The van der Waals surface area contributed by atoms with Gasteiger partial charge in [-0.15, -0.1) is 0 Å². The Balaban J connectivity index is 1.69. The van der Waals surface area contributed by atoms with E-state index < -0.39 is 6.10 Å². The third kappa shape index (κ3) is 5.73. The molecule has 1 heterocycles. The number of carbonyl (C=O) groups excluding carboxylic acids is 1. The minimum atomic E-state index is -0.623. The van der Waals surface area contributed by atoms with Crippen LogP contribution in [0.15, 0.2) is 53.3 Å². The Morgan fingerprint density at radius 1 is 1.06 bits per heavy atom. The number of esters is 1. The second-order valence-electron chi connectivity index (χ2n) is 7.34. The van der Waals surface area contributed by atoms with Gasteiger partial charge in [0.1, 0.15) is 18.2 Å². The Kier molecular flexibility index (Phi) is 8.39. The summed E-state index contributed by atoms with van der Waals surface area (Å²) in [4.78, 5) is 29.5. The minimum absolute atomic E-state index is 0.0656. The third-order valence-corrected chi connectivity index (χ3v) is 5.04. The summed E-state index contributed by atoms with van der Waals surface area (Å²) in [6, 6.07) is 14.8. The van der Waals surface area contributed by atoms with Crippen molar-refractivity contribution < 1.29 is 19.0 Å². The number of para-hydroxylation sites is 1. The molecule has 0 saturated carbocycles. The molecule has 7 nitrogen and oxygen atoms in total. The Morgan fingerprint density at radius 2 is 1.81 bits per heavy atom. The number of rotatable bonds is 11. The van der Waals surface area contributed by atoms with Crippen molar-refractivity contribution in [2.45, 2.75) is 52.9 Å². The first-order valence-corrected chi connectivity index (χ1v) is 11.1. The number of hydrogen-bond acceptors (Lipinski definition) is 6. The van der Waals surface area contributed by atoms with E-state index in [9.17, 15) is 9.59 Å². The fourth-order valence-corrected chi connectivity index (χ4v) is 3.44. The first kappa shape index (κ1) is 23.5. The van der Waals surface area contributed by atoms with Crippen LogP contribution in [0.4, 0.5) is 0 Å². The predicted octanol–water partition coefficient (Wildman–Crippen LogP) is 3.90. The number of carbonyl (C=O) groups is 1. The molecule has 1 unspecified atom stereocenters. The normalized spacial score (nSPS) is 12.0. The maximum absolute atomic E-state index is 12.7. The largest absolute Gasteiger partial charge is 0.486 e. The van der Waals surface area contributed by atoms with E-state index >= 15 is 0 Å². The van der Waals surface area contributed by atoms with Crippen LogP contribution in [-0.2, 0) is 33.8 Å². The molecular weight excluding hydrogens is 408 g/mol. The van der Waals surface area contributed by atoms with Crippen LogP contribution in [0, 0.1) is 0 Å². The lowest BCUT2D eigenvalue weighted by molar-refractivity contribution is -0.156. The van der Waals surface area contributed by atoms with E-state index in [2.05, 4.69) is 4.98 Å². The van der Waals surface area contributed by atoms with Gasteiger partial charge in [0.05, 0.1) is 17.5 Å². The van der Waals surface area contributed by atoms with Crippen molar-refractivity contribution in [3.63, 3.8) is 0 Å². The van der Waals surface area contributed by atoms with Gasteiger partial charge in [0.2, 0.25) is 0 Å². The first-order chi connectivity index (χ1) is 15.6. The number of benzene rings is 2. The summed E-state index contributed by atoms with van der Waals surface area (Å²) in [6.07, 6.45) is 0.636. The average molecular weight is 439 g/mol. The molecule has 2 aromatic carbocycles. The smallest absolute Gasteiger partial charge is 0.335 e. The highest BCUT2D eigenvalue weighted by Crippen LogP contribution is 2.17. The van der Waals surface area contributed by atoms with Gasteiger partial charge < -0.3 is 14.2 Å². The topological polar surface area (TPSA) is 79.7 Å². The molecule has 0 amide bonds. The highest BCUT2D eigenvalue weighted by atomic mass is 16.6. The fourth-order valence-electron chi connectivity index (χ4n) is 3.44. The summed E-state index contributed by atoms with van der Waals surface area (Å²) >= 11 is 0. The molecule has 0 aliphatic heterocycles. The lowest BCUT2D eigenvalue weighted by Gasteiger charge is -2.16. The number of aromatic nitrogens is 2. The molecule has 0 aliphatic carbocycles. The van der Waals surface area contributed by atoms with Crippen LogP contribution in [0.1, 0.15) is 38.6 Å². The summed E-state index contributed by atoms with van der Waals surface area (Å²) in [5, 5.41) is 0.601. The monoisotopic (exact) mass is 438 g/mol. The van der Waals surface area contributed by atoms with E-state index in [4.69, 9.17) is 14.2 Å². The number of nitrogens with zero attached hydrogens (tertiary/aromatic N) is 2. The van der Waals surface area contributed by atoms with Crippen LogP contribution >= 0.6 is 0 Å². The van der Waals surface area contributed by atoms with Crippen molar-refractivity contribution in [3.05, 3.63) is 70.3 Å². The zero-order valence-corrected chi connectivity index (χ0v) is 18.9. The molecule has 0 N–H and O–H groups in total. The molecule has 0 radical (unpaired) electrons. The summed E-state index contributed by atoms with van der Waals surface area (Å²) in [5.74, 6) is 0.887. The van der Waals surface area contributed by atoms with Crippen LogP contribution < -0.4 is 10.3 Å². The van der Waals surface area contributed by atoms with Gasteiger partial charge >= 0.3 is 5.97 Å². The molecule has 0 spiro atoms. The van der Waals surface area contributed by atoms with Crippen molar-refractivity contribution in [2.75, 3.05) is 13.2 Å². The van der Waals surface area contributed by atoms with E-state index in [-0.39, 0.29) is 18.1 Å². The van der Waals surface area contributed by atoms with Gasteiger partial charge in [-0.05, 0) is 50.1 Å². The van der Waals surface area contributed by atoms with Crippen molar-refractivity contribution in [2.24, 2.45) is 0 Å². The minimum Gasteiger partial charge on any atom is -0.486 e. The van der Waals surface area contributed by atoms with Gasteiger partial charge in [0.25, 0.3) is 5.56 Å². The second kappa shape index (κ2) is 11.4. The van der Waals surface area contributed by atoms with E-state index in [0.29, 0.717) is 48.7 Å². The molecule has 1 aromatic heterocycles. The molecule has 7 heteroatoms. The second-order valence-corrected chi connectivity index (χ2v) is 7.34. The summed E-state index contributed by atoms with van der Waals surface area (Å²) in [7, 11) is 0. The zero-order valence-electron chi connectivity index (χ0n) is 18.9.